The summed E-state index contributed by atoms with van der Waals surface area (Å²) < 4.78 is 11.5. The van der Waals surface area contributed by atoms with E-state index in [1.54, 1.807) is 0 Å². The van der Waals surface area contributed by atoms with Crippen LogP contribution in [0, 0.1) is 5.92 Å². The zero-order valence-electron chi connectivity index (χ0n) is 15.5. The molecule has 26 heavy (non-hydrogen) atoms. The Morgan fingerprint density at radius 3 is 2.69 bits per heavy atom. The van der Waals surface area contributed by atoms with Gasteiger partial charge in [-0.2, -0.15) is 0 Å². The highest BCUT2D eigenvalue weighted by atomic mass is 16.5. The molecule has 5 heteroatoms. The van der Waals surface area contributed by atoms with Crippen LogP contribution in [0.15, 0.2) is 24.3 Å². The summed E-state index contributed by atoms with van der Waals surface area (Å²) in [4.78, 5) is 15.3. The number of amides is 1. The van der Waals surface area contributed by atoms with Gasteiger partial charge in [-0.1, -0.05) is 12.1 Å². The first-order valence-electron chi connectivity index (χ1n) is 10.1. The number of benzene rings is 1. The summed E-state index contributed by atoms with van der Waals surface area (Å²) >= 11 is 0. The maximum atomic E-state index is 12.8. The van der Waals surface area contributed by atoms with Gasteiger partial charge in [0.25, 0.3) is 5.91 Å². The van der Waals surface area contributed by atoms with Crippen molar-refractivity contribution in [1.29, 1.82) is 0 Å². The SMILES string of the molecule is O=C(NC1CCN(CC2CC2)CC1)c1ccccc1OCC1CCCO1. The summed E-state index contributed by atoms with van der Waals surface area (Å²) in [5, 5.41) is 3.22. The van der Waals surface area contributed by atoms with Crippen LogP contribution in [-0.2, 0) is 4.74 Å². The van der Waals surface area contributed by atoms with E-state index >= 15 is 0 Å². The third-order valence-electron chi connectivity index (χ3n) is 5.72. The minimum atomic E-state index is -0.0198. The molecule has 1 N–H and O–H groups in total. The Labute approximate surface area is 156 Å². The van der Waals surface area contributed by atoms with Crippen molar-refractivity contribution in [2.45, 2.75) is 50.7 Å². The van der Waals surface area contributed by atoms with E-state index in [1.807, 2.05) is 24.3 Å². The Morgan fingerprint density at radius 1 is 1.15 bits per heavy atom. The Balaban J connectivity index is 1.28. The molecule has 0 radical (unpaired) electrons. The van der Waals surface area contributed by atoms with Crippen LogP contribution in [0.1, 0.15) is 48.9 Å². The van der Waals surface area contributed by atoms with E-state index in [1.165, 1.54) is 19.4 Å². The molecule has 1 unspecified atom stereocenters. The summed E-state index contributed by atoms with van der Waals surface area (Å²) in [5.74, 6) is 1.58. The third kappa shape index (κ3) is 4.77. The van der Waals surface area contributed by atoms with Gasteiger partial charge in [-0.3, -0.25) is 4.79 Å². The van der Waals surface area contributed by atoms with Gasteiger partial charge in [0, 0.05) is 32.3 Å². The minimum absolute atomic E-state index is 0.0198. The fraction of sp³-hybridized carbons (Fsp3) is 0.667. The Bertz CT molecular complexity index is 603. The molecular formula is C21H30N2O3. The van der Waals surface area contributed by atoms with Crippen LogP contribution in [0.3, 0.4) is 0 Å². The molecule has 142 valence electrons. The number of likely N-dealkylation sites (tertiary alicyclic amines) is 1. The molecule has 1 aliphatic carbocycles. The van der Waals surface area contributed by atoms with Gasteiger partial charge >= 0.3 is 0 Å². The normalized spacial score (nSPS) is 24.5. The lowest BCUT2D eigenvalue weighted by Gasteiger charge is -2.32. The van der Waals surface area contributed by atoms with E-state index in [-0.39, 0.29) is 18.1 Å². The maximum Gasteiger partial charge on any atom is 0.255 e. The number of rotatable bonds is 7. The number of piperidine rings is 1. The number of carbonyl (C=O) groups excluding carboxylic acids is 1. The van der Waals surface area contributed by atoms with Gasteiger partial charge < -0.3 is 19.7 Å². The Hall–Kier alpha value is -1.59. The van der Waals surface area contributed by atoms with Gasteiger partial charge in [0.1, 0.15) is 12.4 Å². The molecule has 0 spiro atoms. The van der Waals surface area contributed by atoms with Crippen molar-refractivity contribution in [3.05, 3.63) is 29.8 Å². The molecule has 1 saturated carbocycles. The highest BCUT2D eigenvalue weighted by Gasteiger charge is 2.28. The quantitative estimate of drug-likeness (QED) is 0.814. The van der Waals surface area contributed by atoms with Crippen LogP contribution in [0.5, 0.6) is 5.75 Å². The van der Waals surface area contributed by atoms with Gasteiger partial charge in [0.15, 0.2) is 0 Å². The average molecular weight is 358 g/mol. The molecule has 5 nitrogen and oxygen atoms in total. The first-order valence-corrected chi connectivity index (χ1v) is 10.1. The van der Waals surface area contributed by atoms with Crippen LogP contribution >= 0.6 is 0 Å². The van der Waals surface area contributed by atoms with Crippen LogP contribution in [0.25, 0.3) is 0 Å². The molecule has 0 bridgehead atoms. The number of hydrogen-bond acceptors (Lipinski definition) is 4. The second kappa shape index (κ2) is 8.40. The van der Waals surface area contributed by atoms with E-state index < -0.39 is 0 Å². The largest absolute Gasteiger partial charge is 0.490 e. The highest BCUT2D eigenvalue weighted by molar-refractivity contribution is 5.97. The smallest absolute Gasteiger partial charge is 0.255 e. The summed E-state index contributed by atoms with van der Waals surface area (Å²) in [5.41, 5.74) is 0.630. The van der Waals surface area contributed by atoms with Gasteiger partial charge in [-0.25, -0.2) is 0 Å². The predicted octanol–water partition coefficient (Wildman–Crippen LogP) is 2.85. The van der Waals surface area contributed by atoms with Gasteiger partial charge in [0.2, 0.25) is 0 Å². The second-order valence-corrected chi connectivity index (χ2v) is 7.93. The minimum Gasteiger partial charge on any atom is -0.490 e. The number of para-hydroxylation sites is 1. The summed E-state index contributed by atoms with van der Waals surface area (Å²) in [7, 11) is 0. The summed E-state index contributed by atoms with van der Waals surface area (Å²) in [6.45, 7) is 4.78. The van der Waals surface area contributed by atoms with Crippen LogP contribution in [-0.4, -0.2) is 55.8 Å². The molecule has 1 aromatic rings. The fourth-order valence-electron chi connectivity index (χ4n) is 3.93. The zero-order chi connectivity index (χ0) is 17.8. The molecule has 3 aliphatic rings. The van der Waals surface area contributed by atoms with Gasteiger partial charge in [-0.15, -0.1) is 0 Å². The van der Waals surface area contributed by atoms with Crippen molar-refractivity contribution in [2.75, 3.05) is 32.8 Å². The molecule has 3 fully saturated rings. The van der Waals surface area contributed by atoms with E-state index in [0.29, 0.717) is 17.9 Å². The number of hydrogen-bond donors (Lipinski definition) is 1. The average Bonchev–Trinajstić information content (AvgIpc) is 3.32. The van der Waals surface area contributed by atoms with Crippen molar-refractivity contribution < 1.29 is 14.3 Å². The topological polar surface area (TPSA) is 50.8 Å². The van der Waals surface area contributed by atoms with E-state index in [0.717, 1.165) is 51.3 Å². The Morgan fingerprint density at radius 2 is 1.96 bits per heavy atom. The molecule has 2 saturated heterocycles. The molecule has 2 heterocycles. The summed E-state index contributed by atoms with van der Waals surface area (Å²) in [6, 6.07) is 7.80. The van der Waals surface area contributed by atoms with E-state index in [2.05, 4.69) is 10.2 Å². The van der Waals surface area contributed by atoms with Crippen molar-refractivity contribution in [3.63, 3.8) is 0 Å². The first-order chi connectivity index (χ1) is 12.8. The standard InChI is InChI=1S/C21H30N2O3/c24-21(22-17-9-11-23(12-10-17)14-16-7-8-16)19-5-1-2-6-20(19)26-15-18-4-3-13-25-18/h1-2,5-6,16-18H,3-4,7-15H2,(H,22,24). The third-order valence-corrected chi connectivity index (χ3v) is 5.72. The highest BCUT2D eigenvalue weighted by Crippen LogP contribution is 2.30. The van der Waals surface area contributed by atoms with Crippen molar-refractivity contribution in [3.8, 4) is 5.75 Å². The van der Waals surface area contributed by atoms with Crippen molar-refractivity contribution in [1.82, 2.24) is 10.2 Å². The number of ether oxygens (including phenoxy) is 2. The maximum absolute atomic E-state index is 12.8. The van der Waals surface area contributed by atoms with Crippen molar-refractivity contribution >= 4 is 5.91 Å². The number of nitrogens with one attached hydrogen (secondary N) is 1. The molecule has 0 aromatic heterocycles. The second-order valence-electron chi connectivity index (χ2n) is 7.93. The molecule has 2 aliphatic heterocycles. The zero-order valence-corrected chi connectivity index (χ0v) is 15.5. The van der Waals surface area contributed by atoms with E-state index in [4.69, 9.17) is 9.47 Å². The van der Waals surface area contributed by atoms with Crippen molar-refractivity contribution in [2.24, 2.45) is 5.92 Å². The Kier molecular flexibility index (Phi) is 5.75. The molecule has 1 atom stereocenters. The van der Waals surface area contributed by atoms with Gasteiger partial charge in [-0.05, 0) is 56.6 Å². The number of carbonyl (C=O) groups is 1. The molecule has 1 amide bonds. The lowest BCUT2D eigenvalue weighted by atomic mass is 10.0. The lowest BCUT2D eigenvalue weighted by molar-refractivity contribution is 0.0669. The molecular weight excluding hydrogens is 328 g/mol. The molecule has 1 aromatic carbocycles. The lowest BCUT2D eigenvalue weighted by Crippen LogP contribution is -2.45. The molecule has 4 rings (SSSR count). The predicted molar refractivity (Wildman–Crippen MR) is 101 cm³/mol. The monoisotopic (exact) mass is 358 g/mol. The van der Waals surface area contributed by atoms with Crippen LogP contribution < -0.4 is 10.1 Å². The first kappa shape index (κ1) is 17.8. The van der Waals surface area contributed by atoms with E-state index in [9.17, 15) is 4.79 Å². The van der Waals surface area contributed by atoms with Crippen LogP contribution in [0.2, 0.25) is 0 Å². The fourth-order valence-corrected chi connectivity index (χ4v) is 3.93. The van der Waals surface area contributed by atoms with Crippen LogP contribution in [0.4, 0.5) is 0 Å². The summed E-state index contributed by atoms with van der Waals surface area (Å²) in [6.07, 6.45) is 7.17. The number of nitrogens with zero attached hydrogens (tertiary/aromatic N) is 1. The van der Waals surface area contributed by atoms with Gasteiger partial charge in [0.05, 0.1) is 11.7 Å².